The molecule has 0 spiro atoms. The van der Waals surface area contributed by atoms with Gasteiger partial charge in [0.1, 0.15) is 17.3 Å². The average molecular weight is 552 g/mol. The van der Waals surface area contributed by atoms with Crippen LogP contribution in [0.15, 0.2) is 42.6 Å². The van der Waals surface area contributed by atoms with Gasteiger partial charge in [-0.05, 0) is 57.0 Å². The number of aryl methyl sites for hydroxylation is 1. The average Bonchev–Trinajstić information content (AvgIpc) is 3.63. The van der Waals surface area contributed by atoms with Crippen molar-refractivity contribution in [1.82, 2.24) is 9.55 Å². The fraction of sp³-hybridized carbons (Fsp3) is 0.345. The predicted octanol–water partition coefficient (Wildman–Crippen LogP) is 5.85. The van der Waals surface area contributed by atoms with E-state index in [1.807, 2.05) is 30.5 Å². The van der Waals surface area contributed by atoms with Gasteiger partial charge in [0.05, 0.1) is 36.9 Å². The van der Waals surface area contributed by atoms with Crippen LogP contribution in [-0.2, 0) is 16.1 Å². The molecule has 5 rings (SSSR count). The Labute approximate surface area is 229 Å². The highest BCUT2D eigenvalue weighted by Gasteiger charge is 2.34. The molecule has 0 unspecified atom stereocenters. The highest BCUT2D eigenvalue weighted by Crippen LogP contribution is 2.38. The van der Waals surface area contributed by atoms with E-state index in [2.05, 4.69) is 4.98 Å². The lowest BCUT2D eigenvalue weighted by Gasteiger charge is -2.24. The van der Waals surface area contributed by atoms with Crippen LogP contribution in [-0.4, -0.2) is 48.8 Å². The van der Waals surface area contributed by atoms with Crippen LogP contribution in [0.2, 0.25) is 0 Å². The summed E-state index contributed by atoms with van der Waals surface area (Å²) in [5, 5.41) is 0.700. The molecule has 1 aliphatic carbocycles. The SMILES string of the molecule is CCOc1cc(-c2cc(N(CCn3c(C)cc4c(OC)ccc(F)c43)C(=O)C3CC3)ccn2)sc1C(=O)OC. The summed E-state index contributed by atoms with van der Waals surface area (Å²) in [6.07, 6.45) is 3.36. The molecule has 1 saturated carbocycles. The maximum absolute atomic E-state index is 14.9. The minimum Gasteiger partial charge on any atom is -0.496 e. The van der Waals surface area contributed by atoms with Crippen molar-refractivity contribution in [2.24, 2.45) is 5.92 Å². The predicted molar refractivity (Wildman–Crippen MR) is 148 cm³/mol. The van der Waals surface area contributed by atoms with Gasteiger partial charge >= 0.3 is 5.97 Å². The molecule has 4 aromatic rings. The van der Waals surface area contributed by atoms with Gasteiger partial charge < -0.3 is 23.7 Å². The smallest absolute Gasteiger partial charge is 0.351 e. The number of nitrogens with zero attached hydrogens (tertiary/aromatic N) is 3. The minimum atomic E-state index is -0.477. The van der Waals surface area contributed by atoms with Crippen LogP contribution < -0.4 is 14.4 Å². The first-order valence-electron chi connectivity index (χ1n) is 12.8. The molecule has 0 aliphatic heterocycles. The van der Waals surface area contributed by atoms with E-state index in [0.717, 1.165) is 23.4 Å². The van der Waals surface area contributed by atoms with Crippen LogP contribution in [0.25, 0.3) is 21.5 Å². The standard InChI is InChI=1S/C29H30FN3O5S/c1-5-38-24-16-25(39-27(24)29(35)37-4)22-15-19(10-11-31-22)33(28(34)18-6-7-18)13-12-32-17(2)14-20-23(36-3)9-8-21(30)26(20)32/h8-11,14-16,18H,5-7,12-13H2,1-4H3. The molecule has 0 saturated heterocycles. The van der Waals surface area contributed by atoms with Crippen molar-refractivity contribution in [3.8, 4) is 22.1 Å². The molecule has 0 radical (unpaired) electrons. The van der Waals surface area contributed by atoms with E-state index in [4.69, 9.17) is 14.2 Å². The molecular formula is C29H30FN3O5S. The summed E-state index contributed by atoms with van der Waals surface area (Å²) in [5.74, 6) is 0.249. The number of halogens is 1. The summed E-state index contributed by atoms with van der Waals surface area (Å²) < 4.78 is 32.8. The number of fused-ring (bicyclic) bond motifs is 1. The summed E-state index contributed by atoms with van der Waals surface area (Å²) in [5.41, 5.74) is 2.63. The molecule has 1 aromatic carbocycles. The highest BCUT2D eigenvalue weighted by molar-refractivity contribution is 7.17. The van der Waals surface area contributed by atoms with Crippen molar-refractivity contribution in [2.45, 2.75) is 33.2 Å². The van der Waals surface area contributed by atoms with Gasteiger partial charge in [-0.1, -0.05) is 0 Å². The Hall–Kier alpha value is -3.92. The Bertz CT molecular complexity index is 1540. The molecule has 1 amide bonds. The number of carbonyl (C=O) groups excluding carboxylic acids is 2. The summed E-state index contributed by atoms with van der Waals surface area (Å²) in [4.78, 5) is 33.0. The minimum absolute atomic E-state index is 0.0156. The normalized spacial score (nSPS) is 12.9. The quantitative estimate of drug-likeness (QED) is 0.230. The number of methoxy groups -OCH3 is 2. The number of hydrogen-bond donors (Lipinski definition) is 0. The second-order valence-corrected chi connectivity index (χ2v) is 10.4. The van der Waals surface area contributed by atoms with Crippen molar-refractivity contribution < 1.29 is 28.2 Å². The molecule has 10 heteroatoms. The lowest BCUT2D eigenvalue weighted by molar-refractivity contribution is -0.119. The van der Waals surface area contributed by atoms with Crippen LogP contribution >= 0.6 is 11.3 Å². The fourth-order valence-electron chi connectivity index (χ4n) is 4.74. The zero-order valence-corrected chi connectivity index (χ0v) is 23.1. The van der Waals surface area contributed by atoms with Crippen LogP contribution in [0.1, 0.15) is 35.1 Å². The van der Waals surface area contributed by atoms with Crippen molar-refractivity contribution in [3.05, 3.63) is 59.0 Å². The van der Waals surface area contributed by atoms with E-state index in [-0.39, 0.29) is 17.6 Å². The largest absolute Gasteiger partial charge is 0.496 e. The second-order valence-electron chi connectivity index (χ2n) is 9.34. The molecule has 1 aliphatic rings. The Morgan fingerprint density at radius 3 is 2.64 bits per heavy atom. The van der Waals surface area contributed by atoms with Crippen LogP contribution in [0, 0.1) is 18.7 Å². The zero-order chi connectivity index (χ0) is 27.7. The zero-order valence-electron chi connectivity index (χ0n) is 22.3. The molecule has 0 atom stereocenters. The van der Waals surface area contributed by atoms with E-state index in [9.17, 15) is 14.0 Å². The molecule has 3 aromatic heterocycles. The first kappa shape index (κ1) is 26.7. The van der Waals surface area contributed by atoms with Gasteiger partial charge in [0.15, 0.2) is 4.88 Å². The summed E-state index contributed by atoms with van der Waals surface area (Å²) in [6.45, 7) is 4.91. The van der Waals surface area contributed by atoms with Gasteiger partial charge in [-0.3, -0.25) is 9.78 Å². The highest BCUT2D eigenvalue weighted by atomic mass is 32.1. The lowest BCUT2D eigenvalue weighted by Crippen LogP contribution is -2.35. The van der Waals surface area contributed by atoms with E-state index >= 15 is 0 Å². The number of anilines is 1. The van der Waals surface area contributed by atoms with E-state index in [0.29, 0.717) is 58.4 Å². The van der Waals surface area contributed by atoms with E-state index < -0.39 is 5.97 Å². The summed E-state index contributed by atoms with van der Waals surface area (Å²) in [6, 6.07) is 10.3. The number of ether oxygens (including phenoxy) is 3. The van der Waals surface area contributed by atoms with Gasteiger partial charge in [0.25, 0.3) is 0 Å². The molecule has 204 valence electrons. The molecule has 8 nitrogen and oxygen atoms in total. The third-order valence-electron chi connectivity index (χ3n) is 6.81. The molecule has 0 bridgehead atoms. The van der Waals surface area contributed by atoms with Crippen molar-refractivity contribution >= 4 is 39.8 Å². The molecule has 39 heavy (non-hydrogen) atoms. The number of amides is 1. The monoisotopic (exact) mass is 551 g/mol. The van der Waals surface area contributed by atoms with Gasteiger partial charge in [0, 0.05) is 48.0 Å². The second kappa shape index (κ2) is 11.1. The Balaban J connectivity index is 1.48. The van der Waals surface area contributed by atoms with Crippen LogP contribution in [0.3, 0.4) is 0 Å². The number of esters is 1. The Morgan fingerprint density at radius 1 is 1.15 bits per heavy atom. The van der Waals surface area contributed by atoms with Crippen molar-refractivity contribution in [3.63, 3.8) is 0 Å². The van der Waals surface area contributed by atoms with Gasteiger partial charge in [-0.15, -0.1) is 11.3 Å². The number of hydrogen-bond acceptors (Lipinski definition) is 7. The number of pyridine rings is 1. The van der Waals surface area contributed by atoms with Gasteiger partial charge in [0.2, 0.25) is 5.91 Å². The fourth-order valence-corrected chi connectivity index (χ4v) is 5.73. The first-order chi connectivity index (χ1) is 18.9. The lowest BCUT2D eigenvalue weighted by atomic mass is 10.2. The number of thiophene rings is 1. The number of rotatable bonds is 10. The maximum atomic E-state index is 14.9. The van der Waals surface area contributed by atoms with Gasteiger partial charge in [-0.25, -0.2) is 9.18 Å². The topological polar surface area (TPSA) is 82.9 Å². The number of benzene rings is 1. The van der Waals surface area contributed by atoms with Crippen molar-refractivity contribution in [1.29, 1.82) is 0 Å². The summed E-state index contributed by atoms with van der Waals surface area (Å²) in [7, 11) is 2.89. The van der Waals surface area contributed by atoms with Crippen LogP contribution in [0.5, 0.6) is 11.5 Å². The van der Waals surface area contributed by atoms with E-state index in [1.165, 1.54) is 24.5 Å². The van der Waals surface area contributed by atoms with Gasteiger partial charge in [-0.2, -0.15) is 0 Å². The maximum Gasteiger partial charge on any atom is 0.351 e. The first-order valence-corrected chi connectivity index (χ1v) is 13.6. The third kappa shape index (κ3) is 5.21. The van der Waals surface area contributed by atoms with Crippen molar-refractivity contribution in [2.75, 3.05) is 32.3 Å². The Morgan fingerprint density at radius 2 is 1.95 bits per heavy atom. The molecule has 1 fully saturated rings. The molecule has 0 N–H and O–H groups in total. The third-order valence-corrected chi connectivity index (χ3v) is 7.93. The van der Waals surface area contributed by atoms with E-state index in [1.54, 1.807) is 36.4 Å². The number of aromatic nitrogens is 2. The summed E-state index contributed by atoms with van der Waals surface area (Å²) >= 11 is 1.23. The Kier molecular flexibility index (Phi) is 7.56. The number of carbonyl (C=O) groups is 2. The van der Waals surface area contributed by atoms with Crippen LogP contribution in [0.4, 0.5) is 10.1 Å². The molecular weight excluding hydrogens is 521 g/mol. The molecule has 3 heterocycles.